The van der Waals surface area contributed by atoms with Gasteiger partial charge in [-0.3, -0.25) is 0 Å². The van der Waals surface area contributed by atoms with Crippen molar-refractivity contribution in [2.45, 2.75) is 6.10 Å². The van der Waals surface area contributed by atoms with E-state index in [-0.39, 0.29) is 6.10 Å². The number of anilines is 2. The number of halogens is 1. The van der Waals surface area contributed by atoms with Gasteiger partial charge in [0.1, 0.15) is 0 Å². The summed E-state index contributed by atoms with van der Waals surface area (Å²) in [6.45, 7) is 2.59. The zero-order valence-electron chi connectivity index (χ0n) is 11.1. The number of rotatable bonds is 3. The van der Waals surface area contributed by atoms with Gasteiger partial charge in [0.2, 0.25) is 0 Å². The van der Waals surface area contributed by atoms with Crippen LogP contribution in [-0.2, 0) is 4.74 Å². The molecule has 0 amide bonds. The maximum atomic E-state index is 5.87. The van der Waals surface area contributed by atoms with Crippen molar-refractivity contribution in [1.82, 2.24) is 5.32 Å². The molecule has 1 aliphatic rings. The number of benzene rings is 2. The molecule has 2 aromatic rings. The highest BCUT2D eigenvalue weighted by Gasteiger charge is 2.14. The van der Waals surface area contributed by atoms with Gasteiger partial charge in [-0.15, -0.1) is 0 Å². The van der Waals surface area contributed by atoms with Crippen molar-refractivity contribution in [3.63, 3.8) is 0 Å². The van der Waals surface area contributed by atoms with Crippen LogP contribution in [0.15, 0.2) is 48.5 Å². The fourth-order valence-electron chi connectivity index (χ4n) is 2.26. The standard InChI is InChI=1S/C16H17ClN2O/c17-13-3-7-15(8-4-13)19-14-5-1-12(2-6-14)16-11-18-9-10-20-16/h1-8,16,18-19H,9-11H2. The van der Waals surface area contributed by atoms with Gasteiger partial charge in [0.15, 0.2) is 0 Å². The summed E-state index contributed by atoms with van der Waals surface area (Å²) < 4.78 is 5.74. The molecule has 4 heteroatoms. The number of morpholine rings is 1. The highest BCUT2D eigenvalue weighted by Crippen LogP contribution is 2.23. The van der Waals surface area contributed by atoms with E-state index in [0.29, 0.717) is 0 Å². The van der Waals surface area contributed by atoms with Gasteiger partial charge in [-0.05, 0) is 42.0 Å². The minimum absolute atomic E-state index is 0.160. The van der Waals surface area contributed by atoms with Crippen LogP contribution in [0.2, 0.25) is 5.02 Å². The van der Waals surface area contributed by atoms with Gasteiger partial charge in [-0.25, -0.2) is 0 Å². The second-order valence-electron chi connectivity index (χ2n) is 4.82. The molecule has 2 N–H and O–H groups in total. The molecule has 1 fully saturated rings. The summed E-state index contributed by atoms with van der Waals surface area (Å²) in [6.07, 6.45) is 0.160. The average molecular weight is 289 g/mol. The zero-order chi connectivity index (χ0) is 13.8. The molecule has 0 aliphatic carbocycles. The van der Waals surface area contributed by atoms with Crippen LogP contribution >= 0.6 is 11.6 Å². The number of hydrogen-bond donors (Lipinski definition) is 2. The number of ether oxygens (including phenoxy) is 1. The number of nitrogens with one attached hydrogen (secondary N) is 2. The largest absolute Gasteiger partial charge is 0.371 e. The monoisotopic (exact) mass is 288 g/mol. The molecule has 0 aromatic heterocycles. The molecule has 1 saturated heterocycles. The highest BCUT2D eigenvalue weighted by molar-refractivity contribution is 6.30. The molecule has 0 bridgehead atoms. The van der Waals surface area contributed by atoms with Crippen LogP contribution in [0.4, 0.5) is 11.4 Å². The fraction of sp³-hybridized carbons (Fsp3) is 0.250. The van der Waals surface area contributed by atoms with E-state index < -0.39 is 0 Å². The molecule has 0 saturated carbocycles. The maximum absolute atomic E-state index is 5.87. The first-order chi connectivity index (χ1) is 9.81. The van der Waals surface area contributed by atoms with E-state index in [9.17, 15) is 0 Å². The van der Waals surface area contributed by atoms with Gasteiger partial charge < -0.3 is 15.4 Å². The third-order valence-corrected chi connectivity index (χ3v) is 3.59. The smallest absolute Gasteiger partial charge is 0.0949 e. The second kappa shape index (κ2) is 6.27. The molecule has 3 nitrogen and oxygen atoms in total. The lowest BCUT2D eigenvalue weighted by atomic mass is 10.1. The molecule has 3 rings (SSSR count). The van der Waals surface area contributed by atoms with E-state index >= 15 is 0 Å². The quantitative estimate of drug-likeness (QED) is 0.902. The van der Waals surface area contributed by atoms with Gasteiger partial charge in [0.25, 0.3) is 0 Å². The van der Waals surface area contributed by atoms with Crippen LogP contribution in [0.3, 0.4) is 0 Å². The van der Waals surface area contributed by atoms with Crippen molar-refractivity contribution in [2.75, 3.05) is 25.0 Å². The molecule has 20 heavy (non-hydrogen) atoms. The van der Waals surface area contributed by atoms with E-state index in [1.165, 1.54) is 5.56 Å². The van der Waals surface area contributed by atoms with Crippen LogP contribution in [0.5, 0.6) is 0 Å². The summed E-state index contributed by atoms with van der Waals surface area (Å²) in [5, 5.41) is 7.43. The first kappa shape index (κ1) is 13.4. The Bertz CT molecular complexity index is 548. The van der Waals surface area contributed by atoms with E-state index in [0.717, 1.165) is 36.1 Å². The van der Waals surface area contributed by atoms with Gasteiger partial charge in [-0.1, -0.05) is 23.7 Å². The summed E-state index contributed by atoms with van der Waals surface area (Å²) in [7, 11) is 0. The van der Waals surface area contributed by atoms with Crippen molar-refractivity contribution in [3.05, 3.63) is 59.1 Å². The molecule has 0 spiro atoms. The van der Waals surface area contributed by atoms with Crippen molar-refractivity contribution >= 4 is 23.0 Å². The Balaban J connectivity index is 1.67. The molecule has 104 valence electrons. The van der Waals surface area contributed by atoms with Crippen LogP contribution in [0, 0.1) is 0 Å². The fourth-order valence-corrected chi connectivity index (χ4v) is 2.39. The minimum Gasteiger partial charge on any atom is -0.371 e. The van der Waals surface area contributed by atoms with Crippen molar-refractivity contribution < 1.29 is 4.74 Å². The molecular weight excluding hydrogens is 272 g/mol. The maximum Gasteiger partial charge on any atom is 0.0949 e. The summed E-state index contributed by atoms with van der Waals surface area (Å²) in [6, 6.07) is 16.0. The minimum atomic E-state index is 0.160. The van der Waals surface area contributed by atoms with Crippen LogP contribution in [0.25, 0.3) is 0 Å². The SMILES string of the molecule is Clc1ccc(Nc2ccc(C3CNCCO3)cc2)cc1. The van der Waals surface area contributed by atoms with Gasteiger partial charge >= 0.3 is 0 Å². The Morgan fingerprint density at radius 3 is 2.25 bits per heavy atom. The molecule has 2 aromatic carbocycles. The molecule has 0 radical (unpaired) electrons. The van der Waals surface area contributed by atoms with Crippen LogP contribution in [0.1, 0.15) is 11.7 Å². The summed E-state index contributed by atoms with van der Waals surface area (Å²) in [5.74, 6) is 0. The third-order valence-electron chi connectivity index (χ3n) is 3.34. The highest BCUT2D eigenvalue weighted by atomic mass is 35.5. The number of hydrogen-bond acceptors (Lipinski definition) is 3. The van der Waals surface area contributed by atoms with Gasteiger partial charge in [0, 0.05) is 29.5 Å². The molecule has 1 aliphatic heterocycles. The molecule has 1 atom stereocenters. The van der Waals surface area contributed by atoms with Gasteiger partial charge in [-0.2, -0.15) is 0 Å². The zero-order valence-corrected chi connectivity index (χ0v) is 11.9. The van der Waals surface area contributed by atoms with Crippen molar-refractivity contribution in [2.24, 2.45) is 0 Å². The predicted octanol–water partition coefficient (Wildman–Crippen LogP) is 3.74. The summed E-state index contributed by atoms with van der Waals surface area (Å²) in [4.78, 5) is 0. The lowest BCUT2D eigenvalue weighted by Gasteiger charge is -2.24. The molecular formula is C16H17ClN2O. The van der Waals surface area contributed by atoms with Crippen LogP contribution < -0.4 is 10.6 Å². The second-order valence-corrected chi connectivity index (χ2v) is 5.25. The predicted molar refractivity (Wildman–Crippen MR) is 82.7 cm³/mol. The van der Waals surface area contributed by atoms with E-state index in [2.05, 4.69) is 34.9 Å². The van der Waals surface area contributed by atoms with E-state index in [4.69, 9.17) is 16.3 Å². The Morgan fingerprint density at radius 2 is 1.65 bits per heavy atom. The van der Waals surface area contributed by atoms with Crippen molar-refractivity contribution in [3.8, 4) is 0 Å². The average Bonchev–Trinajstić information content (AvgIpc) is 2.51. The molecule has 1 unspecified atom stereocenters. The van der Waals surface area contributed by atoms with Crippen LogP contribution in [-0.4, -0.2) is 19.7 Å². The van der Waals surface area contributed by atoms with E-state index in [1.807, 2.05) is 24.3 Å². The Morgan fingerprint density at radius 1 is 1.00 bits per heavy atom. The van der Waals surface area contributed by atoms with Gasteiger partial charge in [0.05, 0.1) is 12.7 Å². The first-order valence-corrected chi connectivity index (χ1v) is 7.14. The Kier molecular flexibility index (Phi) is 4.21. The summed E-state index contributed by atoms with van der Waals surface area (Å²) >= 11 is 5.87. The Labute approximate surface area is 123 Å². The first-order valence-electron chi connectivity index (χ1n) is 6.76. The lowest BCUT2D eigenvalue weighted by molar-refractivity contribution is 0.0277. The molecule has 1 heterocycles. The third kappa shape index (κ3) is 3.31. The Hall–Kier alpha value is -1.55. The topological polar surface area (TPSA) is 33.3 Å². The summed E-state index contributed by atoms with van der Waals surface area (Å²) in [5.41, 5.74) is 3.29. The lowest BCUT2D eigenvalue weighted by Crippen LogP contribution is -2.33. The van der Waals surface area contributed by atoms with E-state index in [1.54, 1.807) is 0 Å². The normalized spacial score (nSPS) is 18.8. The van der Waals surface area contributed by atoms with Crippen molar-refractivity contribution in [1.29, 1.82) is 0 Å².